The molecule has 0 amide bonds. The van der Waals surface area contributed by atoms with Crippen molar-refractivity contribution in [2.75, 3.05) is 0 Å². The summed E-state index contributed by atoms with van der Waals surface area (Å²) in [5.74, 6) is 0.328. The van der Waals surface area contributed by atoms with Crippen LogP contribution in [0, 0.1) is 5.92 Å². The highest BCUT2D eigenvalue weighted by Crippen LogP contribution is 2.38. The topological polar surface area (TPSA) is 52.6 Å². The fourth-order valence-electron chi connectivity index (χ4n) is 4.53. The minimum atomic E-state index is -1.16. The number of hydrogen-bond acceptors (Lipinski definition) is 4. The van der Waals surface area contributed by atoms with Crippen LogP contribution in [0.1, 0.15) is 82.6 Å². The number of carbonyl (C=O) groups is 2. The van der Waals surface area contributed by atoms with Crippen LogP contribution in [0.5, 0.6) is 0 Å². The molecular weight excluding hydrogens is 424 g/mol. The lowest BCUT2D eigenvalue weighted by molar-refractivity contribution is -0.184. The maximum Gasteiger partial charge on any atom is 0.336 e. The van der Waals surface area contributed by atoms with Gasteiger partial charge >= 0.3 is 11.9 Å². The van der Waals surface area contributed by atoms with Crippen LogP contribution in [0.3, 0.4) is 0 Å². The Bertz CT molecular complexity index is 981. The molecule has 180 valence electrons. The van der Waals surface area contributed by atoms with Crippen LogP contribution in [0.25, 0.3) is 11.1 Å². The van der Waals surface area contributed by atoms with Crippen LogP contribution in [0.4, 0.5) is 0 Å². The van der Waals surface area contributed by atoms with E-state index in [1.165, 1.54) is 44.1 Å². The molecule has 0 aromatic heterocycles. The van der Waals surface area contributed by atoms with Gasteiger partial charge < -0.3 is 9.47 Å². The second-order valence-corrected chi connectivity index (χ2v) is 9.45. The van der Waals surface area contributed by atoms with E-state index in [-0.39, 0.29) is 11.1 Å². The number of carbonyl (C=O) groups excluding carboxylic acids is 2. The molecule has 3 rings (SSSR count). The number of esters is 2. The monoisotopic (exact) mass is 460 g/mol. The molecule has 0 heterocycles. The van der Waals surface area contributed by atoms with Crippen LogP contribution in [-0.2, 0) is 19.1 Å². The third-order valence-electron chi connectivity index (χ3n) is 6.57. The second kappa shape index (κ2) is 11.8. The highest BCUT2D eigenvalue weighted by molar-refractivity contribution is 5.88. The predicted octanol–water partition coefficient (Wildman–Crippen LogP) is 7.66. The molecule has 4 nitrogen and oxygen atoms in total. The van der Waals surface area contributed by atoms with Gasteiger partial charge in [0.2, 0.25) is 0 Å². The normalized spacial score (nSPS) is 17.8. The third-order valence-corrected chi connectivity index (χ3v) is 6.57. The Labute approximate surface area is 203 Å². The van der Waals surface area contributed by atoms with E-state index in [9.17, 15) is 9.59 Å². The van der Waals surface area contributed by atoms with E-state index in [2.05, 4.69) is 44.3 Å². The van der Waals surface area contributed by atoms with Crippen LogP contribution in [0.2, 0.25) is 0 Å². The SMILES string of the molecule is C=C(C)C(=O)OC(OC(=O)C(=C)C)c1ccc(-c2ccc(C3CCC(CCC)CC3)cc2)cc1. The van der Waals surface area contributed by atoms with Gasteiger partial charge in [-0.3, -0.25) is 0 Å². The standard InChI is InChI=1S/C30H36O4/c1-6-7-22-8-10-23(11-9-22)24-12-14-25(15-13-24)26-16-18-27(19-17-26)30(33-28(31)20(2)3)34-29(32)21(4)5/h12-19,22-23,30H,2,4,6-11H2,1,3,5H3. The van der Waals surface area contributed by atoms with Gasteiger partial charge in [-0.05, 0) is 68.1 Å². The first-order valence-corrected chi connectivity index (χ1v) is 12.2. The summed E-state index contributed by atoms with van der Waals surface area (Å²) in [5, 5.41) is 0. The van der Waals surface area contributed by atoms with Crippen molar-refractivity contribution in [3.8, 4) is 11.1 Å². The molecule has 34 heavy (non-hydrogen) atoms. The summed E-state index contributed by atoms with van der Waals surface area (Å²) in [6, 6.07) is 16.3. The Morgan fingerprint density at radius 2 is 1.29 bits per heavy atom. The Morgan fingerprint density at radius 3 is 1.74 bits per heavy atom. The molecule has 0 N–H and O–H groups in total. The minimum absolute atomic E-state index is 0.229. The van der Waals surface area contributed by atoms with Crippen molar-refractivity contribution < 1.29 is 19.1 Å². The van der Waals surface area contributed by atoms with Crippen molar-refractivity contribution in [3.63, 3.8) is 0 Å². The van der Waals surface area contributed by atoms with Crippen molar-refractivity contribution in [3.05, 3.63) is 84.0 Å². The number of rotatable bonds is 9. The summed E-state index contributed by atoms with van der Waals surface area (Å²) >= 11 is 0. The van der Waals surface area contributed by atoms with Crippen LogP contribution >= 0.6 is 0 Å². The maximum absolute atomic E-state index is 12.0. The summed E-state index contributed by atoms with van der Waals surface area (Å²) in [4.78, 5) is 24.1. The van der Waals surface area contributed by atoms with Gasteiger partial charge in [-0.1, -0.05) is 81.5 Å². The largest absolute Gasteiger partial charge is 0.417 e. The average Bonchev–Trinajstić information content (AvgIpc) is 2.84. The van der Waals surface area contributed by atoms with Gasteiger partial charge in [-0.2, -0.15) is 0 Å². The Balaban J connectivity index is 1.70. The summed E-state index contributed by atoms with van der Waals surface area (Å²) in [5.41, 5.74) is 4.60. The molecule has 4 heteroatoms. The summed E-state index contributed by atoms with van der Waals surface area (Å²) < 4.78 is 10.7. The molecule has 1 fully saturated rings. The zero-order chi connectivity index (χ0) is 24.7. The molecule has 0 saturated heterocycles. The lowest BCUT2D eigenvalue weighted by atomic mass is 9.77. The molecule has 0 spiro atoms. The highest BCUT2D eigenvalue weighted by Gasteiger charge is 2.23. The Kier molecular flexibility index (Phi) is 8.86. The van der Waals surface area contributed by atoms with Crippen LogP contribution < -0.4 is 0 Å². The molecule has 2 aromatic carbocycles. The van der Waals surface area contributed by atoms with Gasteiger partial charge in [0, 0.05) is 16.7 Å². The molecule has 0 atom stereocenters. The summed E-state index contributed by atoms with van der Waals surface area (Å²) in [7, 11) is 0. The predicted molar refractivity (Wildman–Crippen MR) is 136 cm³/mol. The number of benzene rings is 2. The third kappa shape index (κ3) is 6.69. The van der Waals surface area contributed by atoms with E-state index in [0.29, 0.717) is 11.5 Å². The Hall–Kier alpha value is -3.14. The highest BCUT2D eigenvalue weighted by atomic mass is 16.7. The van der Waals surface area contributed by atoms with E-state index in [1.54, 1.807) is 26.0 Å². The first-order chi connectivity index (χ1) is 16.3. The molecule has 2 aromatic rings. The summed E-state index contributed by atoms with van der Waals surface area (Å²) in [6.07, 6.45) is 6.74. The van der Waals surface area contributed by atoms with Gasteiger partial charge in [0.1, 0.15) is 0 Å². The van der Waals surface area contributed by atoms with E-state index in [1.807, 2.05) is 12.1 Å². The molecule has 1 aliphatic rings. The second-order valence-electron chi connectivity index (χ2n) is 9.45. The lowest BCUT2D eigenvalue weighted by Crippen LogP contribution is -2.18. The van der Waals surface area contributed by atoms with Crippen molar-refractivity contribution in [2.45, 2.75) is 71.5 Å². The fourth-order valence-corrected chi connectivity index (χ4v) is 4.53. The Morgan fingerprint density at radius 1 is 0.824 bits per heavy atom. The lowest BCUT2D eigenvalue weighted by Gasteiger charge is -2.28. The first-order valence-electron chi connectivity index (χ1n) is 12.2. The van der Waals surface area contributed by atoms with Gasteiger partial charge in [-0.15, -0.1) is 0 Å². The first kappa shape index (κ1) is 25.5. The van der Waals surface area contributed by atoms with Crippen molar-refractivity contribution >= 4 is 11.9 Å². The van der Waals surface area contributed by atoms with E-state index < -0.39 is 18.2 Å². The molecule has 0 aliphatic heterocycles. The zero-order valence-corrected chi connectivity index (χ0v) is 20.6. The summed E-state index contributed by atoms with van der Waals surface area (Å²) in [6.45, 7) is 12.5. The van der Waals surface area contributed by atoms with Gasteiger partial charge in [0.15, 0.2) is 0 Å². The van der Waals surface area contributed by atoms with Gasteiger partial charge in [0.25, 0.3) is 6.29 Å². The fraction of sp³-hybridized carbons (Fsp3) is 0.400. The van der Waals surface area contributed by atoms with E-state index in [4.69, 9.17) is 9.47 Å². The van der Waals surface area contributed by atoms with Gasteiger partial charge in [-0.25, -0.2) is 9.59 Å². The molecule has 1 saturated carbocycles. The van der Waals surface area contributed by atoms with Crippen molar-refractivity contribution in [2.24, 2.45) is 5.92 Å². The zero-order valence-electron chi connectivity index (χ0n) is 20.6. The van der Waals surface area contributed by atoms with E-state index in [0.717, 1.165) is 17.0 Å². The van der Waals surface area contributed by atoms with Gasteiger partial charge in [0.05, 0.1) is 0 Å². The van der Waals surface area contributed by atoms with E-state index >= 15 is 0 Å². The quantitative estimate of drug-likeness (QED) is 0.219. The molecular formula is C30H36O4. The smallest absolute Gasteiger partial charge is 0.336 e. The van der Waals surface area contributed by atoms with Crippen LogP contribution in [-0.4, -0.2) is 11.9 Å². The number of hydrogen-bond donors (Lipinski definition) is 0. The molecule has 1 aliphatic carbocycles. The molecule has 0 unspecified atom stereocenters. The average molecular weight is 461 g/mol. The number of ether oxygens (including phenoxy) is 2. The van der Waals surface area contributed by atoms with Crippen LogP contribution in [0.15, 0.2) is 72.8 Å². The minimum Gasteiger partial charge on any atom is -0.417 e. The molecule has 0 radical (unpaired) electrons. The molecule has 0 bridgehead atoms. The van der Waals surface area contributed by atoms with Crippen molar-refractivity contribution in [1.29, 1.82) is 0 Å². The maximum atomic E-state index is 12.0. The van der Waals surface area contributed by atoms with Crippen molar-refractivity contribution in [1.82, 2.24) is 0 Å².